The topological polar surface area (TPSA) is 102 Å². The zero-order valence-electron chi connectivity index (χ0n) is 11.8. The second-order valence-corrected chi connectivity index (χ2v) is 8.11. The molecule has 116 valence electrons. The first-order valence-corrected chi connectivity index (χ1v) is 9.93. The molecule has 0 radical (unpaired) electrons. The minimum atomic E-state index is -0.446. The first kappa shape index (κ1) is 17.1. The minimum absolute atomic E-state index is 0.276. The van der Waals surface area contributed by atoms with Gasteiger partial charge < -0.3 is 10.5 Å². The van der Waals surface area contributed by atoms with Gasteiger partial charge in [-0.1, -0.05) is 34.9 Å². The van der Waals surface area contributed by atoms with E-state index in [-0.39, 0.29) is 6.61 Å². The molecule has 2 aromatic heterocycles. The van der Waals surface area contributed by atoms with E-state index < -0.39 is 5.97 Å². The molecule has 2 rings (SSSR count). The van der Waals surface area contributed by atoms with Gasteiger partial charge in [-0.3, -0.25) is 0 Å². The van der Waals surface area contributed by atoms with Crippen molar-refractivity contribution in [1.29, 1.82) is 5.26 Å². The van der Waals surface area contributed by atoms with E-state index in [4.69, 9.17) is 10.5 Å². The molecule has 0 amide bonds. The van der Waals surface area contributed by atoms with Gasteiger partial charge in [-0.15, -0.1) is 21.5 Å². The van der Waals surface area contributed by atoms with Gasteiger partial charge in [0.25, 0.3) is 0 Å². The van der Waals surface area contributed by atoms with Crippen LogP contribution < -0.4 is 5.73 Å². The van der Waals surface area contributed by atoms with Gasteiger partial charge in [-0.2, -0.15) is 5.26 Å². The van der Waals surface area contributed by atoms with Gasteiger partial charge in [0, 0.05) is 11.3 Å². The lowest BCUT2D eigenvalue weighted by Gasteiger charge is -2.03. The van der Waals surface area contributed by atoms with E-state index in [0.29, 0.717) is 26.8 Å². The van der Waals surface area contributed by atoms with Crippen molar-refractivity contribution in [2.75, 3.05) is 18.6 Å². The van der Waals surface area contributed by atoms with Crippen LogP contribution in [0.15, 0.2) is 8.68 Å². The summed E-state index contributed by atoms with van der Waals surface area (Å²) < 4.78 is 6.68. The first-order chi connectivity index (χ1) is 10.6. The minimum Gasteiger partial charge on any atom is -0.462 e. The normalized spacial score (nSPS) is 10.4. The Morgan fingerprint density at radius 1 is 1.41 bits per heavy atom. The highest BCUT2D eigenvalue weighted by molar-refractivity contribution is 8.02. The lowest BCUT2D eigenvalue weighted by Crippen LogP contribution is -2.05. The molecule has 6 nitrogen and oxygen atoms in total. The Labute approximate surface area is 144 Å². The third kappa shape index (κ3) is 3.73. The Morgan fingerprint density at radius 2 is 2.14 bits per heavy atom. The number of esters is 1. The standard InChI is InChI=1S/C12H12N4O2S4/c1-3-18-10(17)8-7(6(4-13)9(14)21-8)5-20-12-16-15-11(19-2)22-12/h3,5,14H2,1-2H3. The Bertz CT molecular complexity index is 719. The number of thioether (sulfide) groups is 2. The number of hydrogen-bond acceptors (Lipinski definition) is 10. The maximum Gasteiger partial charge on any atom is 0.348 e. The number of rotatable bonds is 6. The SMILES string of the molecule is CCOC(=O)c1sc(N)c(C#N)c1CSc1nnc(SC)s1. The molecule has 0 aliphatic rings. The van der Waals surface area contributed by atoms with Crippen LogP contribution in [0.25, 0.3) is 0 Å². The number of carbonyl (C=O) groups excluding carboxylic acids is 1. The van der Waals surface area contributed by atoms with Crippen LogP contribution in [0.4, 0.5) is 5.00 Å². The third-order valence-corrected chi connectivity index (χ3v) is 6.61. The fourth-order valence-electron chi connectivity index (χ4n) is 1.58. The summed E-state index contributed by atoms with van der Waals surface area (Å²) in [6, 6.07) is 2.06. The van der Waals surface area contributed by atoms with Crippen molar-refractivity contribution in [2.45, 2.75) is 21.4 Å². The molecule has 0 saturated heterocycles. The van der Waals surface area contributed by atoms with Crippen molar-refractivity contribution in [1.82, 2.24) is 10.2 Å². The predicted molar refractivity (Wildman–Crippen MR) is 90.7 cm³/mol. The summed E-state index contributed by atoms with van der Waals surface area (Å²) >= 11 is 5.51. The van der Waals surface area contributed by atoms with E-state index in [1.807, 2.05) is 6.26 Å². The zero-order chi connectivity index (χ0) is 16.1. The summed E-state index contributed by atoms with van der Waals surface area (Å²) in [7, 11) is 0. The number of nitriles is 1. The summed E-state index contributed by atoms with van der Waals surface area (Å²) in [6.45, 7) is 2.01. The summed E-state index contributed by atoms with van der Waals surface area (Å²) in [4.78, 5) is 12.4. The Hall–Kier alpha value is -1.28. The van der Waals surface area contributed by atoms with E-state index in [0.717, 1.165) is 20.0 Å². The number of hydrogen-bond donors (Lipinski definition) is 1. The highest BCUT2D eigenvalue weighted by atomic mass is 32.2. The summed E-state index contributed by atoms with van der Waals surface area (Å²) in [5, 5.41) is 17.7. The Kier molecular flexibility index (Phi) is 6.07. The van der Waals surface area contributed by atoms with Crippen molar-refractivity contribution in [2.24, 2.45) is 0 Å². The Balaban J connectivity index is 2.24. The highest BCUT2D eigenvalue weighted by Crippen LogP contribution is 2.37. The van der Waals surface area contributed by atoms with E-state index in [1.165, 1.54) is 34.9 Å². The summed E-state index contributed by atoms with van der Waals surface area (Å²) in [6.07, 6.45) is 1.93. The fraction of sp³-hybridized carbons (Fsp3) is 0.333. The predicted octanol–water partition coefficient (Wildman–Crippen LogP) is 3.24. The lowest BCUT2D eigenvalue weighted by atomic mass is 10.2. The average Bonchev–Trinajstić information content (AvgIpc) is 3.09. The molecule has 22 heavy (non-hydrogen) atoms. The third-order valence-electron chi connectivity index (χ3n) is 2.51. The summed E-state index contributed by atoms with van der Waals surface area (Å²) in [5.41, 5.74) is 6.78. The van der Waals surface area contributed by atoms with Crippen LogP contribution in [0.3, 0.4) is 0 Å². The van der Waals surface area contributed by atoms with Gasteiger partial charge >= 0.3 is 5.97 Å². The lowest BCUT2D eigenvalue weighted by molar-refractivity contribution is 0.0531. The van der Waals surface area contributed by atoms with Crippen LogP contribution in [0.2, 0.25) is 0 Å². The molecule has 0 unspecified atom stereocenters. The van der Waals surface area contributed by atoms with Crippen molar-refractivity contribution in [3.63, 3.8) is 0 Å². The van der Waals surface area contributed by atoms with Crippen molar-refractivity contribution >= 4 is 57.2 Å². The van der Waals surface area contributed by atoms with Gasteiger partial charge in [-0.05, 0) is 13.2 Å². The molecule has 0 saturated carbocycles. The largest absolute Gasteiger partial charge is 0.462 e. The number of anilines is 1. The average molecular weight is 373 g/mol. The second-order valence-electron chi connectivity index (χ2n) is 3.81. The highest BCUT2D eigenvalue weighted by Gasteiger charge is 2.23. The molecule has 0 atom stereocenters. The quantitative estimate of drug-likeness (QED) is 0.609. The molecule has 0 fully saturated rings. The maximum atomic E-state index is 12.0. The molecule has 0 aromatic carbocycles. The smallest absolute Gasteiger partial charge is 0.348 e. The van der Waals surface area contributed by atoms with E-state index in [2.05, 4.69) is 16.3 Å². The van der Waals surface area contributed by atoms with Crippen LogP contribution in [0.1, 0.15) is 27.7 Å². The molecule has 2 N–H and O–H groups in total. The van der Waals surface area contributed by atoms with Crippen LogP contribution in [0.5, 0.6) is 0 Å². The van der Waals surface area contributed by atoms with Gasteiger partial charge in [0.15, 0.2) is 8.68 Å². The van der Waals surface area contributed by atoms with Crippen molar-refractivity contribution in [3.05, 3.63) is 16.0 Å². The van der Waals surface area contributed by atoms with Gasteiger partial charge in [0.1, 0.15) is 15.9 Å². The molecule has 10 heteroatoms. The number of carbonyl (C=O) groups is 1. The monoisotopic (exact) mass is 372 g/mol. The molecule has 0 aliphatic carbocycles. The Morgan fingerprint density at radius 3 is 2.73 bits per heavy atom. The molecular weight excluding hydrogens is 360 g/mol. The molecule has 2 heterocycles. The molecule has 0 aliphatic heterocycles. The molecular formula is C12H12N4O2S4. The van der Waals surface area contributed by atoms with E-state index in [1.54, 1.807) is 6.92 Å². The number of aromatic nitrogens is 2. The van der Waals surface area contributed by atoms with Crippen LogP contribution >= 0.6 is 46.2 Å². The van der Waals surface area contributed by atoms with Gasteiger partial charge in [0.2, 0.25) is 0 Å². The first-order valence-electron chi connectivity index (χ1n) is 6.09. The molecule has 2 aromatic rings. The van der Waals surface area contributed by atoms with E-state index >= 15 is 0 Å². The number of ether oxygens (including phenoxy) is 1. The number of nitrogens with zero attached hydrogens (tertiary/aromatic N) is 3. The number of nitrogen functional groups attached to an aromatic ring is 1. The molecule has 0 bridgehead atoms. The number of nitrogens with two attached hydrogens (primary N) is 1. The van der Waals surface area contributed by atoms with Crippen LogP contribution in [0, 0.1) is 11.3 Å². The van der Waals surface area contributed by atoms with Crippen LogP contribution in [-0.4, -0.2) is 29.0 Å². The maximum absolute atomic E-state index is 12.0. The fourth-order valence-corrected chi connectivity index (χ4v) is 5.07. The number of thiophene rings is 1. The van der Waals surface area contributed by atoms with Crippen molar-refractivity contribution in [3.8, 4) is 6.07 Å². The van der Waals surface area contributed by atoms with Gasteiger partial charge in [-0.25, -0.2) is 4.79 Å². The van der Waals surface area contributed by atoms with Gasteiger partial charge in [0.05, 0.1) is 12.2 Å². The second kappa shape index (κ2) is 7.82. The van der Waals surface area contributed by atoms with Crippen molar-refractivity contribution < 1.29 is 9.53 Å². The summed E-state index contributed by atoms with van der Waals surface area (Å²) in [5.74, 6) is -0.0216. The zero-order valence-corrected chi connectivity index (χ0v) is 15.0. The van der Waals surface area contributed by atoms with Crippen LogP contribution in [-0.2, 0) is 10.5 Å². The van der Waals surface area contributed by atoms with E-state index in [9.17, 15) is 10.1 Å². The molecule has 0 spiro atoms.